The van der Waals surface area contributed by atoms with Gasteiger partial charge in [0.25, 0.3) is 5.91 Å². The van der Waals surface area contributed by atoms with E-state index in [1.807, 2.05) is 38.2 Å². The monoisotopic (exact) mass is 327 g/mol. The van der Waals surface area contributed by atoms with Crippen LogP contribution in [-0.2, 0) is 7.05 Å². The van der Waals surface area contributed by atoms with Crippen LogP contribution in [0, 0.1) is 6.92 Å². The first-order valence-corrected chi connectivity index (χ1v) is 8.00. The van der Waals surface area contributed by atoms with Crippen molar-refractivity contribution >= 4 is 22.9 Å². The molecule has 1 amide bonds. The van der Waals surface area contributed by atoms with Gasteiger partial charge < -0.3 is 14.6 Å². The summed E-state index contributed by atoms with van der Waals surface area (Å²) in [7, 11) is 3.56. The summed E-state index contributed by atoms with van der Waals surface area (Å²) in [5.74, 6) is 0.372. The third-order valence-electron chi connectivity index (χ3n) is 3.68. The van der Waals surface area contributed by atoms with Crippen molar-refractivity contribution in [3.8, 4) is 16.5 Å². The lowest BCUT2D eigenvalue weighted by Crippen LogP contribution is -2.13. The molecule has 0 spiro atoms. The van der Waals surface area contributed by atoms with E-state index in [9.17, 15) is 4.79 Å². The van der Waals surface area contributed by atoms with Gasteiger partial charge in [-0.2, -0.15) is 0 Å². The van der Waals surface area contributed by atoms with Crippen LogP contribution in [0.4, 0.5) is 5.69 Å². The average Bonchev–Trinajstić information content (AvgIpc) is 3.16. The number of para-hydroxylation sites is 2. The summed E-state index contributed by atoms with van der Waals surface area (Å²) in [5.41, 5.74) is 3.18. The first kappa shape index (κ1) is 15.3. The summed E-state index contributed by atoms with van der Waals surface area (Å²) in [6.07, 6.45) is 0. The van der Waals surface area contributed by atoms with E-state index >= 15 is 0 Å². The zero-order chi connectivity index (χ0) is 16.4. The number of carbonyl (C=O) groups is 1. The number of anilines is 1. The fraction of sp³-hybridized carbons (Fsp3) is 0.176. The maximum Gasteiger partial charge on any atom is 0.275 e. The first-order valence-electron chi connectivity index (χ1n) is 7.12. The highest BCUT2D eigenvalue weighted by Crippen LogP contribution is 2.27. The van der Waals surface area contributed by atoms with E-state index in [4.69, 9.17) is 4.74 Å². The fourth-order valence-corrected chi connectivity index (χ4v) is 3.12. The van der Waals surface area contributed by atoms with Gasteiger partial charge in [0, 0.05) is 18.1 Å². The Morgan fingerprint density at radius 2 is 2.04 bits per heavy atom. The van der Waals surface area contributed by atoms with E-state index in [0.29, 0.717) is 17.1 Å². The molecule has 2 aromatic heterocycles. The van der Waals surface area contributed by atoms with Crippen molar-refractivity contribution in [2.75, 3.05) is 12.4 Å². The molecule has 0 saturated carbocycles. The van der Waals surface area contributed by atoms with E-state index < -0.39 is 0 Å². The second kappa shape index (κ2) is 6.26. The van der Waals surface area contributed by atoms with E-state index in [-0.39, 0.29) is 5.91 Å². The molecule has 0 fully saturated rings. The van der Waals surface area contributed by atoms with Gasteiger partial charge in [-0.25, -0.2) is 4.98 Å². The molecule has 118 valence electrons. The molecule has 0 aliphatic rings. The van der Waals surface area contributed by atoms with Crippen LogP contribution in [0.3, 0.4) is 0 Å². The number of hydrogen-bond donors (Lipinski definition) is 1. The Labute approximate surface area is 138 Å². The summed E-state index contributed by atoms with van der Waals surface area (Å²) in [4.78, 5) is 16.8. The van der Waals surface area contributed by atoms with E-state index in [2.05, 4.69) is 14.9 Å². The van der Waals surface area contributed by atoms with Gasteiger partial charge in [0.2, 0.25) is 0 Å². The molecule has 2 heterocycles. The molecular weight excluding hydrogens is 310 g/mol. The van der Waals surface area contributed by atoms with Crippen LogP contribution in [-0.4, -0.2) is 22.6 Å². The Balaban J connectivity index is 1.83. The van der Waals surface area contributed by atoms with Crippen molar-refractivity contribution in [3.63, 3.8) is 0 Å². The van der Waals surface area contributed by atoms with Crippen molar-refractivity contribution < 1.29 is 9.53 Å². The second-order valence-electron chi connectivity index (χ2n) is 5.11. The lowest BCUT2D eigenvalue weighted by Gasteiger charge is -2.08. The lowest BCUT2D eigenvalue weighted by atomic mass is 10.3. The van der Waals surface area contributed by atoms with Gasteiger partial charge in [-0.1, -0.05) is 12.1 Å². The standard InChI is InChI=1S/C17H17N3O2S/c1-11-8-9-14(20(11)2)17-19-13(10-23-17)16(21)18-12-6-4-5-7-15(12)22-3/h4-10H,1-3H3,(H,18,21). The van der Waals surface area contributed by atoms with Gasteiger partial charge in [-0.3, -0.25) is 4.79 Å². The molecule has 23 heavy (non-hydrogen) atoms. The van der Waals surface area contributed by atoms with Crippen LogP contribution < -0.4 is 10.1 Å². The maximum atomic E-state index is 12.4. The van der Waals surface area contributed by atoms with Crippen LogP contribution in [0.5, 0.6) is 5.75 Å². The van der Waals surface area contributed by atoms with E-state index in [0.717, 1.165) is 16.4 Å². The van der Waals surface area contributed by atoms with Crippen LogP contribution >= 0.6 is 11.3 Å². The van der Waals surface area contributed by atoms with Crippen molar-refractivity contribution in [1.82, 2.24) is 9.55 Å². The Morgan fingerprint density at radius 3 is 2.74 bits per heavy atom. The van der Waals surface area contributed by atoms with Crippen molar-refractivity contribution in [2.45, 2.75) is 6.92 Å². The number of carbonyl (C=O) groups excluding carboxylic acids is 1. The molecule has 0 saturated heterocycles. The number of benzene rings is 1. The number of hydrogen-bond acceptors (Lipinski definition) is 4. The molecule has 3 rings (SSSR count). The Hall–Kier alpha value is -2.60. The maximum absolute atomic E-state index is 12.4. The zero-order valence-corrected chi connectivity index (χ0v) is 14.0. The summed E-state index contributed by atoms with van der Waals surface area (Å²) in [6, 6.07) is 11.3. The third-order valence-corrected chi connectivity index (χ3v) is 4.55. The molecule has 0 unspecified atom stereocenters. The van der Waals surface area contributed by atoms with Gasteiger partial charge in [0.05, 0.1) is 18.5 Å². The van der Waals surface area contributed by atoms with Crippen LogP contribution in [0.15, 0.2) is 41.8 Å². The highest BCUT2D eigenvalue weighted by atomic mass is 32.1. The molecular formula is C17H17N3O2S. The SMILES string of the molecule is COc1ccccc1NC(=O)c1csc(-c2ccc(C)n2C)n1. The number of aryl methyl sites for hydroxylation is 1. The second-order valence-corrected chi connectivity index (χ2v) is 5.97. The number of thiazole rings is 1. The molecule has 1 N–H and O–H groups in total. The lowest BCUT2D eigenvalue weighted by molar-refractivity contribution is 0.102. The topological polar surface area (TPSA) is 56.1 Å². The average molecular weight is 327 g/mol. The highest BCUT2D eigenvalue weighted by Gasteiger charge is 2.15. The van der Waals surface area contributed by atoms with Crippen molar-refractivity contribution in [2.24, 2.45) is 7.05 Å². The third kappa shape index (κ3) is 2.98. The number of amides is 1. The molecule has 6 heteroatoms. The minimum absolute atomic E-state index is 0.247. The number of nitrogens with zero attached hydrogens (tertiary/aromatic N) is 2. The molecule has 5 nitrogen and oxygen atoms in total. The molecule has 0 atom stereocenters. The molecule has 3 aromatic rings. The first-order chi connectivity index (χ1) is 11.1. The predicted octanol–water partition coefficient (Wildman–Crippen LogP) is 3.72. The van der Waals surface area contributed by atoms with Gasteiger partial charge in [-0.15, -0.1) is 11.3 Å². The summed E-state index contributed by atoms with van der Waals surface area (Å²) >= 11 is 1.45. The van der Waals surface area contributed by atoms with Crippen LogP contribution in [0.2, 0.25) is 0 Å². The van der Waals surface area contributed by atoms with E-state index in [1.54, 1.807) is 24.6 Å². The van der Waals surface area contributed by atoms with Gasteiger partial charge in [-0.05, 0) is 31.2 Å². The van der Waals surface area contributed by atoms with Gasteiger partial charge in [0.1, 0.15) is 16.5 Å². The minimum atomic E-state index is -0.247. The minimum Gasteiger partial charge on any atom is -0.495 e. The van der Waals surface area contributed by atoms with E-state index in [1.165, 1.54) is 11.3 Å². The van der Waals surface area contributed by atoms with Crippen LogP contribution in [0.1, 0.15) is 16.2 Å². The fourth-order valence-electron chi connectivity index (χ4n) is 2.26. The van der Waals surface area contributed by atoms with Crippen molar-refractivity contribution in [3.05, 3.63) is 53.2 Å². The Bertz CT molecular complexity index is 851. The largest absolute Gasteiger partial charge is 0.495 e. The number of ether oxygens (including phenoxy) is 1. The molecule has 0 aliphatic heterocycles. The number of aromatic nitrogens is 2. The van der Waals surface area contributed by atoms with Gasteiger partial charge in [0.15, 0.2) is 0 Å². The quantitative estimate of drug-likeness (QED) is 0.794. The number of methoxy groups -OCH3 is 1. The Kier molecular flexibility index (Phi) is 4.16. The van der Waals surface area contributed by atoms with Crippen LogP contribution in [0.25, 0.3) is 10.7 Å². The normalized spacial score (nSPS) is 10.6. The molecule has 0 radical (unpaired) electrons. The molecule has 0 aliphatic carbocycles. The predicted molar refractivity (Wildman–Crippen MR) is 92.2 cm³/mol. The summed E-state index contributed by atoms with van der Waals surface area (Å²) < 4.78 is 7.30. The Morgan fingerprint density at radius 1 is 1.26 bits per heavy atom. The van der Waals surface area contributed by atoms with Gasteiger partial charge >= 0.3 is 0 Å². The smallest absolute Gasteiger partial charge is 0.275 e. The van der Waals surface area contributed by atoms with Crippen molar-refractivity contribution in [1.29, 1.82) is 0 Å². The number of nitrogens with one attached hydrogen (secondary N) is 1. The summed E-state index contributed by atoms with van der Waals surface area (Å²) in [5, 5.41) is 5.43. The summed E-state index contributed by atoms with van der Waals surface area (Å²) in [6.45, 7) is 2.03. The number of rotatable bonds is 4. The molecule has 0 bridgehead atoms. The zero-order valence-electron chi connectivity index (χ0n) is 13.2. The highest BCUT2D eigenvalue weighted by molar-refractivity contribution is 7.13. The molecule has 1 aromatic carbocycles.